The third-order valence-corrected chi connectivity index (χ3v) is 7.30. The van der Waals surface area contributed by atoms with Crippen molar-refractivity contribution in [2.24, 2.45) is 11.1 Å². The summed E-state index contributed by atoms with van der Waals surface area (Å²) in [4.78, 5) is 28.3. The highest BCUT2D eigenvalue weighted by Crippen LogP contribution is 2.32. The van der Waals surface area contributed by atoms with Crippen molar-refractivity contribution in [3.63, 3.8) is 0 Å². The number of rotatable bonds is 8. The summed E-state index contributed by atoms with van der Waals surface area (Å²) < 4.78 is 0. The van der Waals surface area contributed by atoms with Crippen LogP contribution in [0.3, 0.4) is 0 Å². The van der Waals surface area contributed by atoms with E-state index in [4.69, 9.17) is 0 Å². The summed E-state index contributed by atoms with van der Waals surface area (Å²) >= 11 is 0. The zero-order chi connectivity index (χ0) is 26.4. The lowest BCUT2D eigenvalue weighted by Crippen LogP contribution is -2.38. The maximum atomic E-state index is 12.9. The molecule has 0 radical (unpaired) electrons. The highest BCUT2D eigenvalue weighted by atomic mass is 16.4. The summed E-state index contributed by atoms with van der Waals surface area (Å²) in [5, 5.41) is 25.8. The van der Waals surface area contributed by atoms with Gasteiger partial charge in [-0.15, -0.1) is 0 Å². The van der Waals surface area contributed by atoms with E-state index in [1.807, 2.05) is 55.5 Å². The van der Waals surface area contributed by atoms with E-state index in [1.54, 1.807) is 6.20 Å². The quantitative estimate of drug-likeness (QED) is 0.216. The van der Waals surface area contributed by atoms with Gasteiger partial charge in [-0.25, -0.2) is 0 Å². The number of carbonyl (C=O) groups is 2. The number of hydrogen-bond donors (Lipinski definition) is 3. The summed E-state index contributed by atoms with van der Waals surface area (Å²) in [5.41, 5.74) is 6.07. The Morgan fingerprint density at radius 3 is 2.32 bits per heavy atom. The lowest BCUT2D eigenvalue weighted by atomic mass is 9.83. The number of oxime groups is 1. The Bertz CT molecular complexity index is 1280. The van der Waals surface area contributed by atoms with Crippen LogP contribution in [0.2, 0.25) is 0 Å². The second kappa shape index (κ2) is 11.8. The van der Waals surface area contributed by atoms with Crippen LogP contribution in [-0.2, 0) is 4.79 Å². The van der Waals surface area contributed by atoms with Crippen molar-refractivity contribution in [3.8, 4) is 0 Å². The molecule has 1 atom stereocenters. The first kappa shape index (κ1) is 26.1. The third kappa shape index (κ3) is 6.42. The molecule has 0 bridgehead atoms. The Balaban J connectivity index is 1.54. The van der Waals surface area contributed by atoms with Crippen LogP contribution >= 0.6 is 0 Å². The molecule has 2 aromatic carbocycles. The number of nitrogens with one attached hydrogen (secondary N) is 1. The lowest BCUT2D eigenvalue weighted by Gasteiger charge is -2.27. The molecule has 3 aromatic rings. The summed E-state index contributed by atoms with van der Waals surface area (Å²) in [6.45, 7) is 3.97. The first-order chi connectivity index (χ1) is 17.9. The number of pyridine rings is 1. The van der Waals surface area contributed by atoms with Gasteiger partial charge in [-0.1, -0.05) is 41.6 Å². The number of hydrogen-bond acceptors (Lipinski definition) is 5. The van der Waals surface area contributed by atoms with Gasteiger partial charge in [0.25, 0.3) is 5.91 Å². The van der Waals surface area contributed by atoms with E-state index in [-0.39, 0.29) is 23.8 Å². The normalized spacial score (nSPS) is 18.7. The Kier molecular flexibility index (Phi) is 8.33. The molecule has 0 aliphatic heterocycles. The van der Waals surface area contributed by atoms with Crippen molar-refractivity contribution in [2.75, 3.05) is 0 Å². The van der Waals surface area contributed by atoms with Crippen molar-refractivity contribution in [2.45, 2.75) is 57.9 Å². The van der Waals surface area contributed by atoms with Crippen molar-refractivity contribution in [3.05, 3.63) is 100 Å². The van der Waals surface area contributed by atoms with E-state index >= 15 is 0 Å². The van der Waals surface area contributed by atoms with E-state index in [2.05, 4.69) is 34.5 Å². The van der Waals surface area contributed by atoms with Gasteiger partial charge in [-0.3, -0.25) is 14.6 Å². The molecule has 1 heterocycles. The van der Waals surface area contributed by atoms with Gasteiger partial charge in [0.15, 0.2) is 0 Å². The number of carboxylic acids is 1. The number of amides is 1. The van der Waals surface area contributed by atoms with Gasteiger partial charge in [0.05, 0.1) is 11.6 Å². The molecule has 4 rings (SSSR count). The molecule has 1 amide bonds. The van der Waals surface area contributed by atoms with Crippen molar-refractivity contribution in [1.29, 1.82) is 0 Å². The Morgan fingerprint density at radius 1 is 1.00 bits per heavy atom. The highest BCUT2D eigenvalue weighted by molar-refractivity contribution is 6.01. The van der Waals surface area contributed by atoms with Gasteiger partial charge < -0.3 is 15.6 Å². The number of benzene rings is 2. The maximum Gasteiger partial charge on any atom is 0.306 e. The van der Waals surface area contributed by atoms with Gasteiger partial charge in [0, 0.05) is 41.4 Å². The van der Waals surface area contributed by atoms with Crippen LogP contribution in [0, 0.1) is 19.8 Å². The van der Waals surface area contributed by atoms with Crippen LogP contribution in [-0.4, -0.2) is 38.9 Å². The minimum absolute atomic E-state index is 0.00497. The minimum Gasteiger partial charge on any atom is -0.481 e. The fourth-order valence-electron chi connectivity index (χ4n) is 5.14. The largest absolute Gasteiger partial charge is 0.481 e. The van der Waals surface area contributed by atoms with Gasteiger partial charge >= 0.3 is 5.97 Å². The molecule has 1 fully saturated rings. The van der Waals surface area contributed by atoms with E-state index < -0.39 is 5.97 Å². The number of aliphatic carboxylic acids is 1. The number of nitrogens with zero attached hydrogens (tertiary/aromatic N) is 2. The summed E-state index contributed by atoms with van der Waals surface area (Å²) in [6.07, 6.45) is 4.71. The van der Waals surface area contributed by atoms with E-state index in [1.165, 1.54) is 0 Å². The van der Waals surface area contributed by atoms with E-state index in [0.717, 1.165) is 27.9 Å². The SMILES string of the molecule is Cc1cc(/C(CC(c2ccc(C(=O)NC3CCC(C(=O)O)CC3)cc2)c2ccccc2C)=N\O)ccn1. The van der Waals surface area contributed by atoms with Crippen molar-refractivity contribution in [1.82, 2.24) is 10.3 Å². The number of aromatic nitrogens is 1. The first-order valence-electron chi connectivity index (χ1n) is 12.7. The molecule has 37 heavy (non-hydrogen) atoms. The Hall–Kier alpha value is -4.00. The fraction of sp³-hybridized carbons (Fsp3) is 0.333. The molecule has 1 aliphatic carbocycles. The second-order valence-electron chi connectivity index (χ2n) is 9.83. The topological polar surface area (TPSA) is 112 Å². The fourth-order valence-corrected chi connectivity index (χ4v) is 5.14. The lowest BCUT2D eigenvalue weighted by molar-refractivity contribution is -0.142. The van der Waals surface area contributed by atoms with Crippen molar-refractivity contribution >= 4 is 17.6 Å². The molecule has 0 saturated heterocycles. The Morgan fingerprint density at radius 2 is 1.70 bits per heavy atom. The number of aryl methyl sites for hydroxylation is 2. The van der Waals surface area contributed by atoms with Crippen LogP contribution in [0.25, 0.3) is 0 Å². The minimum atomic E-state index is -0.753. The summed E-state index contributed by atoms with van der Waals surface area (Å²) in [5.74, 6) is -1.29. The van der Waals surface area contributed by atoms with Gasteiger partial charge in [-0.2, -0.15) is 0 Å². The molecular formula is C30H33N3O4. The van der Waals surface area contributed by atoms with Crippen LogP contribution in [0.4, 0.5) is 0 Å². The van der Waals surface area contributed by atoms with Crippen LogP contribution in [0.15, 0.2) is 72.0 Å². The molecule has 3 N–H and O–H groups in total. The number of carboxylic acid groups (broad SMARTS) is 1. The van der Waals surface area contributed by atoms with Crippen LogP contribution in [0.1, 0.15) is 76.3 Å². The average molecular weight is 500 g/mol. The average Bonchev–Trinajstić information content (AvgIpc) is 2.90. The molecule has 0 spiro atoms. The monoisotopic (exact) mass is 499 g/mol. The maximum absolute atomic E-state index is 12.9. The molecular weight excluding hydrogens is 466 g/mol. The predicted molar refractivity (Wildman–Crippen MR) is 142 cm³/mol. The smallest absolute Gasteiger partial charge is 0.306 e. The van der Waals surface area contributed by atoms with Gasteiger partial charge in [0.1, 0.15) is 0 Å². The summed E-state index contributed by atoms with van der Waals surface area (Å²) in [7, 11) is 0. The molecule has 1 saturated carbocycles. The van der Waals surface area contributed by atoms with Crippen molar-refractivity contribution < 1.29 is 19.9 Å². The van der Waals surface area contributed by atoms with Gasteiger partial charge in [-0.05, 0) is 80.5 Å². The number of carbonyl (C=O) groups excluding carboxylic acids is 1. The van der Waals surface area contributed by atoms with Gasteiger partial charge in [0.2, 0.25) is 0 Å². The van der Waals surface area contributed by atoms with E-state index in [0.29, 0.717) is 43.4 Å². The standard InChI is InChI=1S/C30H33N3O4/c1-19-5-3-4-6-26(19)27(18-28(33-37)24-15-16-31-20(2)17-24)21-7-9-22(10-8-21)29(34)32-25-13-11-23(12-14-25)30(35)36/h3-10,15-17,23,25,27,37H,11-14,18H2,1-2H3,(H,32,34)(H,35,36)/b33-28-. The zero-order valence-electron chi connectivity index (χ0n) is 21.2. The summed E-state index contributed by atoms with van der Waals surface area (Å²) in [6, 6.07) is 19.5. The molecule has 1 aromatic heterocycles. The molecule has 7 nitrogen and oxygen atoms in total. The molecule has 192 valence electrons. The third-order valence-electron chi connectivity index (χ3n) is 7.30. The molecule has 1 unspecified atom stereocenters. The second-order valence-corrected chi connectivity index (χ2v) is 9.83. The van der Waals surface area contributed by atoms with Crippen LogP contribution < -0.4 is 5.32 Å². The Labute approximate surface area is 217 Å². The van der Waals surface area contributed by atoms with E-state index in [9.17, 15) is 19.9 Å². The molecule has 1 aliphatic rings. The first-order valence-corrected chi connectivity index (χ1v) is 12.7. The highest BCUT2D eigenvalue weighted by Gasteiger charge is 2.27. The molecule has 7 heteroatoms. The zero-order valence-corrected chi connectivity index (χ0v) is 21.2. The van der Waals surface area contributed by atoms with Crippen LogP contribution in [0.5, 0.6) is 0 Å². The predicted octanol–water partition coefficient (Wildman–Crippen LogP) is 5.47.